The van der Waals surface area contributed by atoms with Crippen molar-refractivity contribution in [3.63, 3.8) is 0 Å². The van der Waals surface area contributed by atoms with Crippen LogP contribution in [-0.4, -0.2) is 6.54 Å². The molecule has 0 amide bonds. The molecule has 0 aliphatic heterocycles. The highest BCUT2D eigenvalue weighted by molar-refractivity contribution is 5.19. The van der Waals surface area contributed by atoms with Gasteiger partial charge >= 0.3 is 6.18 Å². The standard InChI is InChI=1S/C10H23N.C7H4F4/c1-2-3-4-5-6-7-8-9-10-11;8-6-4-2-1-3-5(6)7(9,10)11/h2-11H2,1H3;1-4H. The molecule has 0 fully saturated rings. The summed E-state index contributed by atoms with van der Waals surface area (Å²) in [5.41, 5.74) is 4.17. The smallest absolute Gasteiger partial charge is 0.330 e. The summed E-state index contributed by atoms with van der Waals surface area (Å²) in [4.78, 5) is 0. The van der Waals surface area contributed by atoms with Crippen molar-refractivity contribution < 1.29 is 17.6 Å². The van der Waals surface area contributed by atoms with Crippen LogP contribution in [0.5, 0.6) is 0 Å². The molecule has 22 heavy (non-hydrogen) atoms. The molecular formula is C17H27F4N. The fourth-order valence-electron chi connectivity index (χ4n) is 1.97. The number of hydrogen-bond donors (Lipinski definition) is 1. The number of alkyl halides is 3. The quantitative estimate of drug-likeness (QED) is 0.466. The van der Waals surface area contributed by atoms with Crippen LogP contribution in [0.25, 0.3) is 0 Å². The minimum atomic E-state index is -4.59. The van der Waals surface area contributed by atoms with Gasteiger partial charge in [0.1, 0.15) is 5.82 Å². The van der Waals surface area contributed by atoms with Crippen LogP contribution in [0.1, 0.15) is 63.9 Å². The SMILES string of the molecule is CCCCCCCCCCN.Fc1ccccc1C(F)(F)F. The fourth-order valence-corrected chi connectivity index (χ4v) is 1.97. The monoisotopic (exact) mass is 321 g/mol. The van der Waals surface area contributed by atoms with Gasteiger partial charge in [0.25, 0.3) is 0 Å². The Morgan fingerprint density at radius 1 is 0.864 bits per heavy atom. The third-order valence-corrected chi connectivity index (χ3v) is 3.24. The second-order valence-corrected chi connectivity index (χ2v) is 5.24. The van der Waals surface area contributed by atoms with Crippen molar-refractivity contribution in [2.24, 2.45) is 5.73 Å². The molecule has 2 N–H and O–H groups in total. The molecule has 0 atom stereocenters. The normalized spacial score (nSPS) is 11.0. The van der Waals surface area contributed by atoms with E-state index in [0.29, 0.717) is 6.07 Å². The summed E-state index contributed by atoms with van der Waals surface area (Å²) in [5, 5.41) is 0. The van der Waals surface area contributed by atoms with Gasteiger partial charge in [-0.1, -0.05) is 64.0 Å². The van der Waals surface area contributed by atoms with Gasteiger partial charge in [0.05, 0.1) is 5.56 Å². The van der Waals surface area contributed by atoms with Gasteiger partial charge in [-0.2, -0.15) is 13.2 Å². The lowest BCUT2D eigenvalue weighted by Crippen LogP contribution is -2.07. The highest BCUT2D eigenvalue weighted by Gasteiger charge is 2.33. The lowest BCUT2D eigenvalue weighted by molar-refractivity contribution is -0.140. The van der Waals surface area contributed by atoms with Crippen LogP contribution in [0, 0.1) is 5.82 Å². The molecule has 1 aromatic rings. The summed E-state index contributed by atoms with van der Waals surface area (Å²) >= 11 is 0. The number of nitrogens with two attached hydrogens (primary N) is 1. The fraction of sp³-hybridized carbons (Fsp3) is 0.647. The van der Waals surface area contributed by atoms with Crippen LogP contribution in [0.2, 0.25) is 0 Å². The zero-order chi connectivity index (χ0) is 16.8. The van der Waals surface area contributed by atoms with Gasteiger partial charge < -0.3 is 5.73 Å². The second kappa shape index (κ2) is 12.4. The number of benzene rings is 1. The maximum absolute atomic E-state index is 12.4. The van der Waals surface area contributed by atoms with E-state index in [1.807, 2.05) is 0 Å². The van der Waals surface area contributed by atoms with E-state index in [1.54, 1.807) is 0 Å². The van der Waals surface area contributed by atoms with E-state index in [4.69, 9.17) is 5.73 Å². The van der Waals surface area contributed by atoms with Gasteiger partial charge in [0.2, 0.25) is 0 Å². The number of unbranched alkanes of at least 4 members (excludes halogenated alkanes) is 7. The van der Waals surface area contributed by atoms with Crippen LogP contribution < -0.4 is 5.73 Å². The molecule has 0 aliphatic rings. The summed E-state index contributed by atoms with van der Waals surface area (Å²) in [6, 6.07) is 3.84. The first-order valence-electron chi connectivity index (χ1n) is 7.95. The number of rotatable bonds is 8. The van der Waals surface area contributed by atoms with E-state index in [2.05, 4.69) is 6.92 Å². The van der Waals surface area contributed by atoms with E-state index < -0.39 is 17.6 Å². The molecule has 0 spiro atoms. The predicted octanol–water partition coefficient (Wildman–Crippen LogP) is 5.93. The second-order valence-electron chi connectivity index (χ2n) is 5.24. The van der Waals surface area contributed by atoms with Gasteiger partial charge in [0.15, 0.2) is 0 Å². The molecule has 0 saturated heterocycles. The zero-order valence-corrected chi connectivity index (χ0v) is 13.3. The highest BCUT2D eigenvalue weighted by Crippen LogP contribution is 2.30. The molecule has 128 valence electrons. The van der Waals surface area contributed by atoms with Crippen LogP contribution >= 0.6 is 0 Å². The van der Waals surface area contributed by atoms with Crippen LogP contribution in [0.4, 0.5) is 17.6 Å². The Balaban J connectivity index is 0.000000401. The summed E-state index contributed by atoms with van der Waals surface area (Å²) < 4.78 is 47.8. The van der Waals surface area contributed by atoms with Crippen molar-refractivity contribution in [2.45, 2.75) is 64.5 Å². The van der Waals surface area contributed by atoms with E-state index in [1.165, 1.54) is 57.4 Å². The molecule has 0 heterocycles. The largest absolute Gasteiger partial charge is 0.419 e. The Labute approximate surface area is 130 Å². The molecular weight excluding hydrogens is 294 g/mol. The predicted molar refractivity (Wildman–Crippen MR) is 83.1 cm³/mol. The highest BCUT2D eigenvalue weighted by atomic mass is 19.4. The first kappa shape index (κ1) is 20.9. The van der Waals surface area contributed by atoms with Crippen LogP contribution in [0.3, 0.4) is 0 Å². The third-order valence-electron chi connectivity index (χ3n) is 3.24. The third kappa shape index (κ3) is 10.6. The average Bonchev–Trinajstić information content (AvgIpc) is 2.46. The number of halogens is 4. The van der Waals surface area contributed by atoms with Crippen molar-refractivity contribution >= 4 is 0 Å². The van der Waals surface area contributed by atoms with Crippen molar-refractivity contribution in [1.82, 2.24) is 0 Å². The summed E-state index contributed by atoms with van der Waals surface area (Å²) in [6.45, 7) is 3.13. The minimum Gasteiger partial charge on any atom is -0.330 e. The Kier molecular flexibility index (Phi) is 11.8. The molecule has 1 rings (SSSR count). The van der Waals surface area contributed by atoms with E-state index in [9.17, 15) is 17.6 Å². The van der Waals surface area contributed by atoms with Gasteiger partial charge in [-0.25, -0.2) is 4.39 Å². The molecule has 0 unspecified atom stereocenters. The Morgan fingerprint density at radius 2 is 1.36 bits per heavy atom. The van der Waals surface area contributed by atoms with Crippen LogP contribution in [0.15, 0.2) is 24.3 Å². The summed E-state index contributed by atoms with van der Waals surface area (Å²) in [5.74, 6) is -1.24. The van der Waals surface area contributed by atoms with Gasteiger partial charge in [-0.3, -0.25) is 0 Å². The maximum Gasteiger partial charge on any atom is 0.419 e. The maximum atomic E-state index is 12.4. The van der Waals surface area contributed by atoms with Gasteiger partial charge in [0, 0.05) is 0 Å². The molecule has 0 bridgehead atoms. The molecule has 0 aromatic heterocycles. The lowest BCUT2D eigenvalue weighted by Gasteiger charge is -2.05. The van der Waals surface area contributed by atoms with Crippen LogP contribution in [-0.2, 0) is 6.18 Å². The van der Waals surface area contributed by atoms with E-state index >= 15 is 0 Å². The lowest BCUT2D eigenvalue weighted by atomic mass is 10.1. The van der Waals surface area contributed by atoms with Gasteiger partial charge in [-0.15, -0.1) is 0 Å². The summed E-state index contributed by atoms with van der Waals surface area (Å²) in [6.07, 6.45) is 6.39. The minimum absolute atomic E-state index is 0.704. The zero-order valence-electron chi connectivity index (χ0n) is 13.3. The Bertz CT molecular complexity index is 369. The number of hydrogen-bond acceptors (Lipinski definition) is 1. The topological polar surface area (TPSA) is 26.0 Å². The molecule has 1 aromatic carbocycles. The molecule has 0 saturated carbocycles. The molecule has 0 aliphatic carbocycles. The molecule has 1 nitrogen and oxygen atoms in total. The first-order valence-corrected chi connectivity index (χ1v) is 7.95. The van der Waals surface area contributed by atoms with Crippen molar-refractivity contribution in [3.05, 3.63) is 35.6 Å². The summed E-state index contributed by atoms with van der Waals surface area (Å²) in [7, 11) is 0. The van der Waals surface area contributed by atoms with Crippen molar-refractivity contribution in [2.75, 3.05) is 6.54 Å². The molecule has 0 radical (unpaired) electrons. The van der Waals surface area contributed by atoms with Gasteiger partial charge in [-0.05, 0) is 25.1 Å². The molecule has 5 heteroatoms. The van der Waals surface area contributed by atoms with E-state index in [0.717, 1.165) is 18.7 Å². The Hall–Kier alpha value is -1.10. The average molecular weight is 321 g/mol. The first-order chi connectivity index (χ1) is 10.4. The Morgan fingerprint density at radius 3 is 1.77 bits per heavy atom. The van der Waals surface area contributed by atoms with Crippen molar-refractivity contribution in [3.8, 4) is 0 Å². The van der Waals surface area contributed by atoms with Crippen molar-refractivity contribution in [1.29, 1.82) is 0 Å². The van der Waals surface area contributed by atoms with E-state index in [-0.39, 0.29) is 0 Å².